The van der Waals surface area contributed by atoms with Gasteiger partial charge in [-0.1, -0.05) is 24.3 Å². The van der Waals surface area contributed by atoms with E-state index in [1.54, 1.807) is 0 Å². The summed E-state index contributed by atoms with van der Waals surface area (Å²) in [7, 11) is 0. The largest absolute Gasteiger partial charge is 0.449 e. The number of benzene rings is 1. The quantitative estimate of drug-likeness (QED) is 0.806. The van der Waals surface area contributed by atoms with Crippen molar-refractivity contribution in [3.63, 3.8) is 0 Å². The molecule has 0 spiro atoms. The van der Waals surface area contributed by atoms with E-state index in [9.17, 15) is 4.79 Å². The molecule has 0 atom stereocenters. The lowest BCUT2D eigenvalue weighted by Crippen LogP contribution is -2.49. The molecule has 4 bridgehead atoms. The molecule has 1 amide bonds. The molecule has 0 unspecified atom stereocenters. The van der Waals surface area contributed by atoms with Gasteiger partial charge in [0.2, 0.25) is 0 Å². The fourth-order valence-corrected chi connectivity index (χ4v) is 6.42. The van der Waals surface area contributed by atoms with Crippen LogP contribution in [0, 0.1) is 23.2 Å². The average molecular weight is 325 g/mol. The molecule has 0 aromatic heterocycles. The van der Waals surface area contributed by atoms with Crippen molar-refractivity contribution in [1.29, 1.82) is 0 Å². The number of hydrogen-bond acceptors (Lipinski definition) is 2. The van der Waals surface area contributed by atoms with Crippen molar-refractivity contribution in [2.24, 2.45) is 23.2 Å². The maximum Gasteiger partial charge on any atom is 0.410 e. The van der Waals surface area contributed by atoms with Crippen molar-refractivity contribution in [2.45, 2.75) is 51.5 Å². The zero-order chi connectivity index (χ0) is 16.1. The molecule has 1 aliphatic heterocycles. The first-order chi connectivity index (χ1) is 11.7. The van der Waals surface area contributed by atoms with Gasteiger partial charge in [-0.3, -0.25) is 0 Å². The number of hydrogen-bond donors (Lipinski definition) is 0. The van der Waals surface area contributed by atoms with E-state index >= 15 is 0 Å². The third-order valence-corrected chi connectivity index (χ3v) is 7.06. The monoisotopic (exact) mass is 325 g/mol. The predicted octanol–water partition coefficient (Wildman–Crippen LogP) is 4.40. The van der Waals surface area contributed by atoms with Gasteiger partial charge in [-0.2, -0.15) is 0 Å². The minimum absolute atomic E-state index is 0.0970. The molecular weight excluding hydrogens is 298 g/mol. The Hall–Kier alpha value is -1.51. The van der Waals surface area contributed by atoms with Crippen molar-refractivity contribution in [3.8, 4) is 0 Å². The first-order valence-electron chi connectivity index (χ1n) is 9.68. The number of ether oxygens (including phenoxy) is 1. The second kappa shape index (κ2) is 5.50. The molecule has 0 N–H and O–H groups in total. The summed E-state index contributed by atoms with van der Waals surface area (Å²) in [4.78, 5) is 14.5. The standard InChI is InChI=1S/C21H27NO2/c23-20(22-6-5-18-3-1-2-4-19(18)13-22)24-14-21-10-15-7-16(11-21)9-17(8-15)12-21/h1-4,15-17H,5-14H2. The molecule has 128 valence electrons. The van der Waals surface area contributed by atoms with Gasteiger partial charge in [0.15, 0.2) is 0 Å². The SMILES string of the molecule is O=C(OCC12CC3CC(CC(C3)C1)C2)N1CCc2ccccc2C1. The second-order valence-electron chi connectivity index (χ2n) is 8.91. The van der Waals surface area contributed by atoms with Gasteiger partial charge in [0.05, 0.1) is 6.61 Å². The van der Waals surface area contributed by atoms with E-state index in [-0.39, 0.29) is 6.09 Å². The van der Waals surface area contributed by atoms with E-state index in [4.69, 9.17) is 4.74 Å². The minimum atomic E-state index is -0.0970. The molecule has 4 saturated carbocycles. The number of rotatable bonds is 2. The van der Waals surface area contributed by atoms with Crippen LogP contribution in [0.2, 0.25) is 0 Å². The number of fused-ring (bicyclic) bond motifs is 1. The van der Waals surface area contributed by atoms with Gasteiger partial charge in [-0.25, -0.2) is 4.79 Å². The van der Waals surface area contributed by atoms with Crippen LogP contribution in [0.25, 0.3) is 0 Å². The van der Waals surface area contributed by atoms with Crippen molar-refractivity contribution in [3.05, 3.63) is 35.4 Å². The van der Waals surface area contributed by atoms with Crippen LogP contribution >= 0.6 is 0 Å². The molecule has 1 aromatic carbocycles. The molecule has 4 fully saturated rings. The number of carbonyl (C=O) groups is 1. The van der Waals surface area contributed by atoms with Crippen LogP contribution in [-0.2, 0) is 17.7 Å². The summed E-state index contributed by atoms with van der Waals surface area (Å²) in [6.45, 7) is 2.15. The van der Waals surface area contributed by atoms with Gasteiger partial charge >= 0.3 is 6.09 Å². The molecule has 1 heterocycles. The summed E-state index contributed by atoms with van der Waals surface area (Å²) < 4.78 is 5.87. The molecule has 3 nitrogen and oxygen atoms in total. The van der Waals surface area contributed by atoms with Crippen LogP contribution in [0.4, 0.5) is 4.79 Å². The molecule has 0 radical (unpaired) electrons. The fourth-order valence-electron chi connectivity index (χ4n) is 6.42. The Morgan fingerprint density at radius 3 is 2.33 bits per heavy atom. The third-order valence-electron chi connectivity index (χ3n) is 7.06. The van der Waals surface area contributed by atoms with Gasteiger partial charge in [0.1, 0.15) is 0 Å². The molecule has 5 aliphatic rings. The lowest BCUT2D eigenvalue weighted by molar-refractivity contribution is -0.0853. The van der Waals surface area contributed by atoms with E-state index in [0.29, 0.717) is 18.6 Å². The highest BCUT2D eigenvalue weighted by atomic mass is 16.6. The first-order valence-corrected chi connectivity index (χ1v) is 9.68. The van der Waals surface area contributed by atoms with E-state index in [1.165, 1.54) is 49.7 Å². The summed E-state index contributed by atoms with van der Waals surface area (Å²) in [5.41, 5.74) is 2.97. The summed E-state index contributed by atoms with van der Waals surface area (Å²) in [6, 6.07) is 8.45. The van der Waals surface area contributed by atoms with Gasteiger partial charge < -0.3 is 9.64 Å². The molecule has 0 saturated heterocycles. The highest BCUT2D eigenvalue weighted by molar-refractivity contribution is 5.68. The van der Waals surface area contributed by atoms with Crippen LogP contribution in [0.5, 0.6) is 0 Å². The summed E-state index contributed by atoms with van der Waals surface area (Å²) in [5, 5.41) is 0. The van der Waals surface area contributed by atoms with E-state index < -0.39 is 0 Å². The molecular formula is C21H27NO2. The smallest absolute Gasteiger partial charge is 0.410 e. The third kappa shape index (κ3) is 2.53. The Kier molecular flexibility index (Phi) is 3.39. The lowest BCUT2D eigenvalue weighted by atomic mass is 9.50. The van der Waals surface area contributed by atoms with Gasteiger partial charge in [-0.05, 0) is 73.8 Å². The Morgan fingerprint density at radius 1 is 1.04 bits per heavy atom. The summed E-state index contributed by atoms with van der Waals surface area (Å²) in [6.07, 6.45) is 9.07. The van der Waals surface area contributed by atoms with Crippen LogP contribution in [0.3, 0.4) is 0 Å². The Labute approximate surface area is 144 Å². The van der Waals surface area contributed by atoms with Gasteiger partial charge in [-0.15, -0.1) is 0 Å². The summed E-state index contributed by atoms with van der Waals surface area (Å²) >= 11 is 0. The predicted molar refractivity (Wildman–Crippen MR) is 92.5 cm³/mol. The fraction of sp³-hybridized carbons (Fsp3) is 0.667. The highest BCUT2D eigenvalue weighted by Crippen LogP contribution is 2.60. The molecule has 4 aliphatic carbocycles. The minimum Gasteiger partial charge on any atom is -0.449 e. The topological polar surface area (TPSA) is 29.5 Å². The normalized spacial score (nSPS) is 36.5. The lowest BCUT2D eigenvalue weighted by Gasteiger charge is -2.56. The van der Waals surface area contributed by atoms with E-state index in [0.717, 1.165) is 30.7 Å². The Balaban J connectivity index is 1.22. The summed E-state index contributed by atoms with van der Waals surface area (Å²) in [5.74, 6) is 2.74. The average Bonchev–Trinajstić information content (AvgIpc) is 2.58. The van der Waals surface area contributed by atoms with Crippen LogP contribution < -0.4 is 0 Å². The van der Waals surface area contributed by atoms with Gasteiger partial charge in [0, 0.05) is 18.5 Å². The van der Waals surface area contributed by atoms with Crippen molar-refractivity contribution < 1.29 is 9.53 Å². The maximum atomic E-state index is 12.6. The maximum absolute atomic E-state index is 12.6. The van der Waals surface area contributed by atoms with Crippen molar-refractivity contribution in [1.82, 2.24) is 4.90 Å². The van der Waals surface area contributed by atoms with E-state index in [1.807, 2.05) is 4.90 Å². The van der Waals surface area contributed by atoms with Crippen LogP contribution in [0.15, 0.2) is 24.3 Å². The van der Waals surface area contributed by atoms with Crippen molar-refractivity contribution >= 4 is 6.09 Å². The number of carbonyl (C=O) groups excluding carboxylic acids is 1. The highest BCUT2D eigenvalue weighted by Gasteiger charge is 2.51. The molecule has 3 heteroatoms. The molecule has 1 aromatic rings. The Bertz CT molecular complexity index is 618. The number of amides is 1. The van der Waals surface area contributed by atoms with E-state index in [2.05, 4.69) is 24.3 Å². The second-order valence-corrected chi connectivity index (χ2v) is 8.91. The van der Waals surface area contributed by atoms with Crippen LogP contribution in [0.1, 0.15) is 49.7 Å². The van der Waals surface area contributed by atoms with Crippen LogP contribution in [-0.4, -0.2) is 24.1 Å². The first kappa shape index (κ1) is 14.8. The Morgan fingerprint density at radius 2 is 1.67 bits per heavy atom. The molecule has 6 rings (SSSR count). The zero-order valence-corrected chi connectivity index (χ0v) is 14.4. The van der Waals surface area contributed by atoms with Gasteiger partial charge in [0.25, 0.3) is 0 Å². The van der Waals surface area contributed by atoms with Crippen molar-refractivity contribution in [2.75, 3.05) is 13.2 Å². The number of nitrogens with zero attached hydrogens (tertiary/aromatic N) is 1. The zero-order valence-electron chi connectivity index (χ0n) is 14.4. The molecule has 24 heavy (non-hydrogen) atoms.